The van der Waals surface area contributed by atoms with Crippen LogP contribution in [0.15, 0.2) is 41.2 Å². The summed E-state index contributed by atoms with van der Waals surface area (Å²) in [6.07, 6.45) is 5.31. The van der Waals surface area contributed by atoms with Gasteiger partial charge in [0.05, 0.1) is 22.7 Å². The lowest BCUT2D eigenvalue weighted by atomic mass is 9.96. The molecule has 0 spiro atoms. The van der Waals surface area contributed by atoms with Gasteiger partial charge in [0.2, 0.25) is 0 Å². The fourth-order valence-electron chi connectivity index (χ4n) is 5.32. The predicted molar refractivity (Wildman–Crippen MR) is 137 cm³/mol. The maximum atomic E-state index is 14.7. The normalized spacial score (nSPS) is 21.0. The van der Waals surface area contributed by atoms with Crippen LogP contribution in [-0.2, 0) is 6.42 Å². The zero-order chi connectivity index (χ0) is 25.2. The Balaban J connectivity index is 0.00000130. The molecule has 7 nitrogen and oxygen atoms in total. The molecular formula is C27H30ClFN4O3. The summed E-state index contributed by atoms with van der Waals surface area (Å²) in [4.78, 5) is 27.2. The first-order chi connectivity index (χ1) is 17.5. The van der Waals surface area contributed by atoms with E-state index in [0.29, 0.717) is 47.8 Å². The minimum atomic E-state index is -0.514. The number of hydrogen-bond acceptors (Lipinski definition) is 5. The van der Waals surface area contributed by atoms with E-state index >= 15 is 0 Å². The third-order valence-corrected chi connectivity index (χ3v) is 7.50. The topological polar surface area (TPSA) is 87.3 Å². The van der Waals surface area contributed by atoms with E-state index in [1.165, 1.54) is 18.9 Å². The molecule has 2 atom stereocenters. The van der Waals surface area contributed by atoms with E-state index in [4.69, 9.17) is 4.74 Å². The highest BCUT2D eigenvalue weighted by atomic mass is 35.5. The molecule has 0 bridgehead atoms. The second kappa shape index (κ2) is 10.6. The minimum Gasteiger partial charge on any atom is -0.490 e. The number of nitrogens with zero attached hydrogens (tertiary/aromatic N) is 2. The molecular weight excluding hydrogens is 483 g/mol. The quantitative estimate of drug-likeness (QED) is 0.509. The van der Waals surface area contributed by atoms with Gasteiger partial charge in [0.25, 0.3) is 11.5 Å². The number of rotatable bonds is 5. The summed E-state index contributed by atoms with van der Waals surface area (Å²) in [5.74, 6) is 0.838. The van der Waals surface area contributed by atoms with E-state index in [9.17, 15) is 14.0 Å². The van der Waals surface area contributed by atoms with Crippen molar-refractivity contribution in [3.05, 3.63) is 69.4 Å². The minimum absolute atomic E-state index is 0.0909. The van der Waals surface area contributed by atoms with Crippen molar-refractivity contribution in [2.75, 3.05) is 32.6 Å². The van der Waals surface area contributed by atoms with Crippen molar-refractivity contribution in [3.63, 3.8) is 0 Å². The zero-order valence-electron chi connectivity index (χ0n) is 20.2. The van der Waals surface area contributed by atoms with Gasteiger partial charge in [-0.2, -0.15) is 5.10 Å². The fraction of sp³-hybridized carbons (Fsp3) is 0.444. The standard InChI is InChI=1S/C26H27FN4O3.CH3Cl/c27-23-7-4-15(8-22(23)26(33)31-13-16-11-28-12-17(16)14-31)9-24-21-10-19(34-18-2-1-3-18)5-6-20(21)25(32)30-29-24;1-2/h4-8,10,16-18,28H,1-3,9,11-14H2,(H,30,32);1H3. The van der Waals surface area contributed by atoms with Gasteiger partial charge < -0.3 is 15.0 Å². The smallest absolute Gasteiger partial charge is 0.272 e. The molecule has 3 heterocycles. The zero-order valence-corrected chi connectivity index (χ0v) is 21.0. The van der Waals surface area contributed by atoms with Crippen LogP contribution in [0.25, 0.3) is 10.8 Å². The summed E-state index contributed by atoms with van der Waals surface area (Å²) in [7, 11) is 0. The number of aromatic amines is 1. The lowest BCUT2D eigenvalue weighted by Gasteiger charge is -2.26. The number of halogens is 2. The number of amides is 1. The van der Waals surface area contributed by atoms with Gasteiger partial charge in [-0.1, -0.05) is 6.07 Å². The molecule has 2 unspecified atom stereocenters. The molecule has 1 aliphatic carbocycles. The molecule has 2 aromatic carbocycles. The number of hydrogen-bond donors (Lipinski definition) is 2. The third-order valence-electron chi connectivity index (χ3n) is 7.50. The third kappa shape index (κ3) is 4.84. The Morgan fingerprint density at radius 1 is 1.11 bits per heavy atom. The lowest BCUT2D eigenvalue weighted by molar-refractivity contribution is 0.0777. The van der Waals surface area contributed by atoms with Gasteiger partial charge in [-0.25, -0.2) is 9.49 Å². The number of benzene rings is 2. The Labute approximate surface area is 214 Å². The Bertz CT molecular complexity index is 1310. The number of alkyl halides is 1. The molecule has 6 rings (SSSR count). The Morgan fingerprint density at radius 3 is 2.56 bits per heavy atom. The van der Waals surface area contributed by atoms with E-state index < -0.39 is 5.82 Å². The summed E-state index contributed by atoms with van der Waals surface area (Å²) in [6.45, 7) is 3.15. The number of nitrogens with one attached hydrogen (secondary N) is 2. The SMILES string of the molecule is CCl.O=C(c1cc(Cc2n[nH]c(=O)c3ccc(OC4CCC4)cc23)ccc1F)N1CC2CNCC2C1. The number of carbonyl (C=O) groups excluding carboxylic acids is 1. The molecule has 3 fully saturated rings. The van der Waals surface area contributed by atoms with Crippen LogP contribution in [0.1, 0.15) is 40.9 Å². The Kier molecular flexibility index (Phi) is 7.25. The number of ether oxygens (including phenoxy) is 1. The first-order valence-corrected chi connectivity index (χ1v) is 13.1. The van der Waals surface area contributed by atoms with Crippen molar-refractivity contribution >= 4 is 28.3 Å². The number of fused-ring (bicyclic) bond motifs is 2. The van der Waals surface area contributed by atoms with Gasteiger partial charge in [-0.05, 0) is 67.0 Å². The first-order valence-electron chi connectivity index (χ1n) is 12.4. The van der Waals surface area contributed by atoms with Gasteiger partial charge in [-0.15, -0.1) is 11.6 Å². The van der Waals surface area contributed by atoms with Crippen LogP contribution in [0, 0.1) is 17.7 Å². The van der Waals surface area contributed by atoms with Crippen molar-refractivity contribution in [1.29, 1.82) is 0 Å². The van der Waals surface area contributed by atoms with Crippen LogP contribution in [0.5, 0.6) is 5.75 Å². The molecule has 0 radical (unpaired) electrons. The van der Waals surface area contributed by atoms with E-state index in [1.54, 1.807) is 23.1 Å². The highest BCUT2D eigenvalue weighted by Crippen LogP contribution is 2.30. The fourth-order valence-corrected chi connectivity index (χ4v) is 5.32. The van der Waals surface area contributed by atoms with Crippen LogP contribution >= 0.6 is 11.6 Å². The van der Waals surface area contributed by atoms with Gasteiger partial charge in [0.15, 0.2) is 0 Å². The highest BCUT2D eigenvalue weighted by Gasteiger charge is 2.38. The molecule has 36 heavy (non-hydrogen) atoms. The van der Waals surface area contributed by atoms with Gasteiger partial charge in [0.1, 0.15) is 11.6 Å². The molecule has 2 saturated heterocycles. The maximum absolute atomic E-state index is 14.7. The molecule has 2 aliphatic heterocycles. The maximum Gasteiger partial charge on any atom is 0.272 e. The van der Waals surface area contributed by atoms with Crippen LogP contribution in [0.3, 0.4) is 0 Å². The average molecular weight is 513 g/mol. The second-order valence-corrected chi connectivity index (χ2v) is 9.76. The summed E-state index contributed by atoms with van der Waals surface area (Å²) >= 11 is 4.64. The predicted octanol–water partition coefficient (Wildman–Crippen LogP) is 3.73. The average Bonchev–Trinajstić information content (AvgIpc) is 3.48. The number of likely N-dealkylation sites (tertiary alicyclic amines) is 1. The van der Waals surface area contributed by atoms with Crippen LogP contribution in [-0.4, -0.2) is 59.7 Å². The summed E-state index contributed by atoms with van der Waals surface area (Å²) in [5.41, 5.74) is 1.24. The van der Waals surface area contributed by atoms with Gasteiger partial charge in [-0.3, -0.25) is 9.59 Å². The molecule has 3 aliphatic rings. The van der Waals surface area contributed by atoms with Crippen LogP contribution < -0.4 is 15.6 Å². The van der Waals surface area contributed by atoms with Crippen LogP contribution in [0.4, 0.5) is 4.39 Å². The molecule has 1 saturated carbocycles. The molecule has 2 N–H and O–H groups in total. The van der Waals surface area contributed by atoms with Crippen molar-refractivity contribution in [2.24, 2.45) is 11.8 Å². The Morgan fingerprint density at radius 2 is 1.86 bits per heavy atom. The lowest BCUT2D eigenvalue weighted by Crippen LogP contribution is -2.32. The van der Waals surface area contributed by atoms with E-state index in [-0.39, 0.29) is 23.1 Å². The molecule has 190 valence electrons. The van der Waals surface area contributed by atoms with Crippen molar-refractivity contribution in [1.82, 2.24) is 20.4 Å². The number of aromatic nitrogens is 2. The summed E-state index contributed by atoms with van der Waals surface area (Å²) in [5, 5.41) is 11.4. The van der Waals surface area contributed by atoms with Gasteiger partial charge in [0, 0.05) is 44.4 Å². The number of H-pyrrole nitrogens is 1. The van der Waals surface area contributed by atoms with Crippen LogP contribution in [0.2, 0.25) is 0 Å². The highest BCUT2D eigenvalue weighted by molar-refractivity contribution is 6.15. The molecule has 3 aromatic rings. The van der Waals surface area contributed by atoms with E-state index in [0.717, 1.165) is 37.2 Å². The second-order valence-electron chi connectivity index (χ2n) is 9.76. The van der Waals surface area contributed by atoms with E-state index in [1.807, 2.05) is 12.1 Å². The van der Waals surface area contributed by atoms with E-state index in [2.05, 4.69) is 27.1 Å². The summed E-state index contributed by atoms with van der Waals surface area (Å²) in [6, 6.07) is 10.1. The molecule has 1 aromatic heterocycles. The van der Waals surface area contributed by atoms with Crippen molar-refractivity contribution in [3.8, 4) is 5.75 Å². The first kappa shape index (κ1) is 24.7. The van der Waals surface area contributed by atoms with Crippen molar-refractivity contribution in [2.45, 2.75) is 31.8 Å². The van der Waals surface area contributed by atoms with Gasteiger partial charge >= 0.3 is 0 Å². The molecule has 1 amide bonds. The number of carbonyl (C=O) groups is 1. The monoisotopic (exact) mass is 512 g/mol. The van der Waals surface area contributed by atoms with Crippen molar-refractivity contribution < 1.29 is 13.9 Å². The summed E-state index contributed by atoms with van der Waals surface area (Å²) < 4.78 is 20.7. The largest absolute Gasteiger partial charge is 0.490 e. The Hall–Kier alpha value is -2.97. The molecule has 9 heteroatoms.